The number of nitriles is 1. The van der Waals surface area contributed by atoms with Gasteiger partial charge in [0.2, 0.25) is 0 Å². The number of carbonyl (C=O) groups excluding carboxylic acids is 1. The number of hydrogen-bond donors (Lipinski definition) is 0. The number of benzene rings is 2. The Balaban J connectivity index is 1.59. The first-order chi connectivity index (χ1) is 12.2. The largest absolute Gasteiger partial charge is 0.484 e. The van der Waals surface area contributed by atoms with Crippen LogP contribution in [0.1, 0.15) is 31.7 Å². The van der Waals surface area contributed by atoms with E-state index >= 15 is 0 Å². The average molecular weight is 334 g/mol. The maximum atomic E-state index is 12.3. The Kier molecular flexibility index (Phi) is 5.35. The third-order valence-electron chi connectivity index (χ3n) is 4.69. The van der Waals surface area contributed by atoms with Gasteiger partial charge in [-0.15, -0.1) is 0 Å². The minimum absolute atomic E-state index is 0.0587. The van der Waals surface area contributed by atoms with E-state index in [1.807, 2.05) is 41.3 Å². The summed E-state index contributed by atoms with van der Waals surface area (Å²) < 4.78 is 5.66. The first-order valence-corrected chi connectivity index (χ1v) is 8.70. The Labute approximate surface area is 148 Å². The Morgan fingerprint density at radius 2 is 1.76 bits per heavy atom. The van der Waals surface area contributed by atoms with Gasteiger partial charge in [0.25, 0.3) is 5.91 Å². The van der Waals surface area contributed by atoms with Crippen LogP contribution >= 0.6 is 0 Å². The van der Waals surface area contributed by atoms with Crippen molar-refractivity contribution in [1.82, 2.24) is 4.90 Å². The molecule has 4 heteroatoms. The van der Waals surface area contributed by atoms with Gasteiger partial charge < -0.3 is 9.64 Å². The number of amides is 1. The lowest BCUT2D eigenvalue weighted by atomic mass is 10.0. The minimum Gasteiger partial charge on any atom is -0.484 e. The minimum atomic E-state index is 0.0587. The van der Waals surface area contributed by atoms with Crippen molar-refractivity contribution in [3.05, 3.63) is 54.1 Å². The second kappa shape index (κ2) is 7.85. The molecule has 2 aromatic carbocycles. The van der Waals surface area contributed by atoms with Crippen LogP contribution in [0.5, 0.6) is 5.75 Å². The Hall–Kier alpha value is -2.80. The van der Waals surface area contributed by atoms with Gasteiger partial charge in [-0.2, -0.15) is 5.26 Å². The third-order valence-corrected chi connectivity index (χ3v) is 4.69. The number of carbonyl (C=O) groups is 1. The summed E-state index contributed by atoms with van der Waals surface area (Å²) in [7, 11) is 0. The standard InChI is InChI=1S/C21H22N2O2/c1-16-4-2-3-13-23(16)21(24)15-25-20-11-9-19(10-12-20)18-7-5-17(14-22)6-8-18/h5-12,16H,2-4,13,15H2,1H3/t16-/m1/s1. The van der Waals surface area contributed by atoms with E-state index in [4.69, 9.17) is 10.00 Å². The molecule has 0 N–H and O–H groups in total. The second-order valence-corrected chi connectivity index (χ2v) is 6.43. The topological polar surface area (TPSA) is 53.3 Å². The summed E-state index contributed by atoms with van der Waals surface area (Å²) in [6.45, 7) is 3.02. The lowest BCUT2D eigenvalue weighted by Crippen LogP contribution is -2.44. The SMILES string of the molecule is C[C@@H]1CCCCN1C(=O)COc1ccc(-c2ccc(C#N)cc2)cc1. The monoisotopic (exact) mass is 334 g/mol. The lowest BCUT2D eigenvalue weighted by molar-refractivity contribution is -0.136. The van der Waals surface area contributed by atoms with Crippen molar-refractivity contribution >= 4 is 5.91 Å². The molecule has 0 saturated carbocycles. The molecule has 2 aromatic rings. The molecule has 0 unspecified atom stereocenters. The molecule has 1 saturated heterocycles. The smallest absolute Gasteiger partial charge is 0.260 e. The molecule has 0 aromatic heterocycles. The van der Waals surface area contributed by atoms with Gasteiger partial charge in [-0.1, -0.05) is 24.3 Å². The molecule has 1 aliphatic rings. The highest BCUT2D eigenvalue weighted by molar-refractivity contribution is 5.78. The number of likely N-dealkylation sites (tertiary alicyclic amines) is 1. The molecule has 3 rings (SSSR count). The molecule has 0 aliphatic carbocycles. The summed E-state index contributed by atoms with van der Waals surface area (Å²) in [5, 5.41) is 8.85. The summed E-state index contributed by atoms with van der Waals surface area (Å²) in [5.41, 5.74) is 2.74. The van der Waals surface area contributed by atoms with Crippen LogP contribution in [0.25, 0.3) is 11.1 Å². The normalized spacial score (nSPS) is 17.0. The van der Waals surface area contributed by atoms with Crippen LogP contribution < -0.4 is 4.74 Å². The van der Waals surface area contributed by atoms with E-state index in [1.165, 1.54) is 6.42 Å². The summed E-state index contributed by atoms with van der Waals surface area (Å²) >= 11 is 0. The van der Waals surface area contributed by atoms with Crippen LogP contribution in [0.4, 0.5) is 0 Å². The zero-order valence-electron chi connectivity index (χ0n) is 14.4. The van der Waals surface area contributed by atoms with Crippen LogP contribution in [0.2, 0.25) is 0 Å². The molecule has 1 amide bonds. The van der Waals surface area contributed by atoms with Crippen molar-refractivity contribution in [3.8, 4) is 22.9 Å². The van der Waals surface area contributed by atoms with Crippen molar-refractivity contribution in [2.75, 3.05) is 13.2 Å². The number of nitrogens with zero attached hydrogens (tertiary/aromatic N) is 2. The molecule has 1 fully saturated rings. The van der Waals surface area contributed by atoms with E-state index < -0.39 is 0 Å². The molecule has 1 aliphatic heterocycles. The molecular formula is C21H22N2O2. The molecule has 25 heavy (non-hydrogen) atoms. The van der Waals surface area contributed by atoms with Crippen LogP contribution in [0, 0.1) is 11.3 Å². The summed E-state index contributed by atoms with van der Waals surface area (Å²) in [6, 6.07) is 17.6. The van der Waals surface area contributed by atoms with E-state index in [0.717, 1.165) is 30.5 Å². The maximum Gasteiger partial charge on any atom is 0.260 e. The highest BCUT2D eigenvalue weighted by Gasteiger charge is 2.23. The van der Waals surface area contributed by atoms with Crippen molar-refractivity contribution in [2.24, 2.45) is 0 Å². The van der Waals surface area contributed by atoms with E-state index in [2.05, 4.69) is 13.0 Å². The number of piperidine rings is 1. The third kappa shape index (κ3) is 4.19. The van der Waals surface area contributed by atoms with Gasteiger partial charge >= 0.3 is 0 Å². The van der Waals surface area contributed by atoms with Crippen LogP contribution in [0.15, 0.2) is 48.5 Å². The fourth-order valence-corrected chi connectivity index (χ4v) is 3.18. The molecule has 0 bridgehead atoms. The van der Waals surface area contributed by atoms with Crippen molar-refractivity contribution < 1.29 is 9.53 Å². The molecular weight excluding hydrogens is 312 g/mol. The van der Waals surface area contributed by atoms with E-state index in [-0.39, 0.29) is 12.5 Å². The Morgan fingerprint density at radius 3 is 2.36 bits per heavy atom. The fraction of sp³-hybridized carbons (Fsp3) is 0.333. The molecule has 1 atom stereocenters. The second-order valence-electron chi connectivity index (χ2n) is 6.43. The maximum absolute atomic E-state index is 12.3. The van der Waals surface area contributed by atoms with Gasteiger partial charge in [0.15, 0.2) is 6.61 Å². The zero-order valence-corrected chi connectivity index (χ0v) is 14.4. The van der Waals surface area contributed by atoms with Crippen molar-refractivity contribution in [3.63, 3.8) is 0 Å². The van der Waals surface area contributed by atoms with Gasteiger partial charge in [-0.25, -0.2) is 0 Å². The van der Waals surface area contributed by atoms with E-state index in [1.54, 1.807) is 12.1 Å². The summed E-state index contributed by atoms with van der Waals surface area (Å²) in [5.74, 6) is 0.749. The van der Waals surface area contributed by atoms with Crippen molar-refractivity contribution in [1.29, 1.82) is 5.26 Å². The van der Waals surface area contributed by atoms with Crippen LogP contribution in [-0.2, 0) is 4.79 Å². The molecule has 128 valence electrons. The fourth-order valence-electron chi connectivity index (χ4n) is 3.18. The van der Waals surface area contributed by atoms with Gasteiger partial charge in [-0.05, 0) is 61.6 Å². The van der Waals surface area contributed by atoms with Gasteiger partial charge in [0.05, 0.1) is 11.6 Å². The van der Waals surface area contributed by atoms with E-state index in [0.29, 0.717) is 17.4 Å². The lowest BCUT2D eigenvalue weighted by Gasteiger charge is -2.33. The molecule has 4 nitrogen and oxygen atoms in total. The molecule has 1 heterocycles. The van der Waals surface area contributed by atoms with Crippen LogP contribution in [-0.4, -0.2) is 30.0 Å². The predicted molar refractivity (Wildman–Crippen MR) is 97.1 cm³/mol. The van der Waals surface area contributed by atoms with Gasteiger partial charge in [0.1, 0.15) is 5.75 Å². The number of ether oxygens (including phenoxy) is 1. The quantitative estimate of drug-likeness (QED) is 0.849. The van der Waals surface area contributed by atoms with Crippen molar-refractivity contribution in [2.45, 2.75) is 32.2 Å². The van der Waals surface area contributed by atoms with Gasteiger partial charge in [-0.3, -0.25) is 4.79 Å². The highest BCUT2D eigenvalue weighted by atomic mass is 16.5. The van der Waals surface area contributed by atoms with E-state index in [9.17, 15) is 4.79 Å². The summed E-state index contributed by atoms with van der Waals surface area (Å²) in [4.78, 5) is 14.2. The predicted octanol–water partition coefficient (Wildman–Crippen LogP) is 4.01. The Morgan fingerprint density at radius 1 is 1.12 bits per heavy atom. The Bertz CT molecular complexity index is 760. The average Bonchev–Trinajstić information content (AvgIpc) is 2.67. The zero-order chi connectivity index (χ0) is 17.6. The first-order valence-electron chi connectivity index (χ1n) is 8.70. The van der Waals surface area contributed by atoms with Gasteiger partial charge in [0, 0.05) is 12.6 Å². The van der Waals surface area contributed by atoms with Crippen LogP contribution in [0.3, 0.4) is 0 Å². The molecule has 0 radical (unpaired) electrons. The highest BCUT2D eigenvalue weighted by Crippen LogP contribution is 2.23. The summed E-state index contributed by atoms with van der Waals surface area (Å²) in [6.07, 6.45) is 3.35. The molecule has 0 spiro atoms. The number of rotatable bonds is 4. The number of hydrogen-bond acceptors (Lipinski definition) is 3. The first kappa shape index (κ1) is 17.0.